The molecule has 2 aromatic rings. The van der Waals surface area contributed by atoms with Crippen molar-refractivity contribution in [2.75, 3.05) is 13.1 Å². The van der Waals surface area contributed by atoms with Crippen LogP contribution in [0.25, 0.3) is 0 Å². The van der Waals surface area contributed by atoms with Crippen LogP contribution in [0.3, 0.4) is 0 Å². The van der Waals surface area contributed by atoms with Crippen LogP contribution in [0.4, 0.5) is 0 Å². The van der Waals surface area contributed by atoms with Gasteiger partial charge in [0, 0.05) is 5.56 Å². The van der Waals surface area contributed by atoms with Crippen LogP contribution in [0.2, 0.25) is 0 Å². The topological polar surface area (TPSA) is 79.3 Å². The maximum atomic E-state index is 12.3. The fourth-order valence-corrected chi connectivity index (χ4v) is 3.57. The summed E-state index contributed by atoms with van der Waals surface area (Å²) in [5.74, 6) is 1.30. The second-order valence-corrected chi connectivity index (χ2v) is 7.30. The molecule has 0 atom stereocenters. The van der Waals surface area contributed by atoms with Gasteiger partial charge in [-0.05, 0) is 69.9 Å². The minimum absolute atomic E-state index is 0.291. The lowest BCUT2D eigenvalue weighted by Crippen LogP contribution is -3.11. The van der Waals surface area contributed by atoms with Crippen LogP contribution < -0.4 is 10.3 Å². The van der Waals surface area contributed by atoms with Gasteiger partial charge < -0.3 is 14.4 Å². The van der Waals surface area contributed by atoms with E-state index in [1.807, 2.05) is 19.1 Å². The third kappa shape index (κ3) is 4.77. The third-order valence-electron chi connectivity index (χ3n) is 5.11. The number of furan rings is 1. The highest BCUT2D eigenvalue weighted by atomic mass is 16.3. The minimum Gasteiger partial charge on any atom is -0.507 e. The van der Waals surface area contributed by atoms with Crippen LogP contribution in [0, 0.1) is 13.8 Å². The predicted octanol–water partition coefficient (Wildman–Crippen LogP) is 2.32. The molecular weight excluding hydrogens is 342 g/mol. The van der Waals surface area contributed by atoms with E-state index < -0.39 is 0 Å². The third-order valence-corrected chi connectivity index (χ3v) is 5.11. The number of nitrogens with one attached hydrogen (secondary N) is 2. The summed E-state index contributed by atoms with van der Waals surface area (Å²) >= 11 is 0. The smallest absolute Gasteiger partial charge is 0.274 e. The summed E-state index contributed by atoms with van der Waals surface area (Å²) in [6.45, 7) is 8.52. The van der Waals surface area contributed by atoms with E-state index in [-0.39, 0.29) is 5.91 Å². The molecule has 1 amide bonds. The van der Waals surface area contributed by atoms with Crippen molar-refractivity contribution in [1.82, 2.24) is 5.43 Å². The van der Waals surface area contributed by atoms with Crippen LogP contribution in [-0.4, -0.2) is 29.8 Å². The van der Waals surface area contributed by atoms with Crippen molar-refractivity contribution in [1.29, 1.82) is 0 Å². The molecule has 1 aliphatic rings. The van der Waals surface area contributed by atoms with E-state index in [1.165, 1.54) is 24.2 Å². The molecule has 1 aromatic carbocycles. The summed E-state index contributed by atoms with van der Waals surface area (Å²) < 4.78 is 5.39. The van der Waals surface area contributed by atoms with Gasteiger partial charge in [-0.2, -0.15) is 5.10 Å². The second kappa shape index (κ2) is 8.39. The fourth-order valence-electron chi connectivity index (χ4n) is 3.57. The van der Waals surface area contributed by atoms with Crippen molar-refractivity contribution in [3.8, 4) is 5.75 Å². The average Bonchev–Trinajstić information content (AvgIpc) is 3.00. The summed E-state index contributed by atoms with van der Waals surface area (Å²) in [5, 5.41) is 14.4. The Balaban J connectivity index is 1.71. The highest BCUT2D eigenvalue weighted by Crippen LogP contribution is 2.19. The zero-order chi connectivity index (χ0) is 19.4. The number of phenolic OH excluding ortho intramolecular Hbond substituents is 1. The van der Waals surface area contributed by atoms with Crippen molar-refractivity contribution < 1.29 is 19.2 Å². The Kier molecular flexibility index (Phi) is 5.96. The first-order valence-corrected chi connectivity index (χ1v) is 9.51. The lowest BCUT2D eigenvalue weighted by molar-refractivity contribution is -0.918. The number of hydrogen-bond donors (Lipinski definition) is 3. The Morgan fingerprint density at radius 3 is 2.63 bits per heavy atom. The van der Waals surface area contributed by atoms with Crippen LogP contribution in [-0.2, 0) is 6.54 Å². The van der Waals surface area contributed by atoms with Crippen LogP contribution in [0.5, 0.6) is 5.75 Å². The molecule has 6 heteroatoms. The molecule has 3 rings (SSSR count). The first-order valence-electron chi connectivity index (χ1n) is 9.51. The Morgan fingerprint density at radius 2 is 1.96 bits per heavy atom. The molecule has 3 N–H and O–H groups in total. The monoisotopic (exact) mass is 370 g/mol. The molecule has 0 aliphatic carbocycles. The molecule has 0 saturated carbocycles. The highest BCUT2D eigenvalue weighted by molar-refractivity contribution is 6.01. The van der Waals surface area contributed by atoms with E-state index in [4.69, 9.17) is 4.42 Å². The van der Waals surface area contributed by atoms with Gasteiger partial charge in [-0.1, -0.05) is 0 Å². The summed E-state index contributed by atoms with van der Waals surface area (Å²) in [6.07, 6.45) is 3.79. The first kappa shape index (κ1) is 19.2. The molecule has 1 saturated heterocycles. The van der Waals surface area contributed by atoms with Gasteiger partial charge in [-0.25, -0.2) is 5.43 Å². The number of aryl methyl sites for hydroxylation is 2. The van der Waals surface area contributed by atoms with Crippen molar-refractivity contribution in [3.05, 3.63) is 52.5 Å². The number of quaternary nitrogens is 1. The Bertz CT molecular complexity index is 848. The van der Waals surface area contributed by atoms with Gasteiger partial charge in [0.1, 0.15) is 23.8 Å². The highest BCUT2D eigenvalue weighted by Gasteiger charge is 2.17. The van der Waals surface area contributed by atoms with E-state index >= 15 is 0 Å². The summed E-state index contributed by atoms with van der Waals surface area (Å²) in [4.78, 5) is 13.8. The molecule has 0 spiro atoms. The standard InChI is InChI=1S/C21H27N3O3/c1-14-11-19(16(3)27-14)21(26)23-22-15(2)17-7-8-20(25)18(12-17)13-24-9-5-4-6-10-24/h7-8,11-12,25H,4-6,9-10,13H2,1-3H3,(H,23,26)/p+1/b22-15+. The zero-order valence-corrected chi connectivity index (χ0v) is 16.3. The van der Waals surface area contributed by atoms with E-state index in [0.717, 1.165) is 30.8 Å². The number of benzene rings is 1. The van der Waals surface area contributed by atoms with Gasteiger partial charge in [0.2, 0.25) is 0 Å². The summed E-state index contributed by atoms with van der Waals surface area (Å²) in [7, 11) is 0. The minimum atomic E-state index is -0.291. The predicted molar refractivity (Wildman–Crippen MR) is 104 cm³/mol. The number of hydrazone groups is 1. The SMILES string of the molecule is C/C(=N\NC(=O)c1cc(C)oc1C)c1ccc(O)c(C[NH+]2CCCCC2)c1. The van der Waals surface area contributed by atoms with E-state index in [9.17, 15) is 9.90 Å². The molecule has 1 aliphatic heterocycles. The molecule has 2 heterocycles. The Morgan fingerprint density at radius 1 is 1.22 bits per heavy atom. The first-order chi connectivity index (χ1) is 12.9. The summed E-state index contributed by atoms with van der Waals surface area (Å²) in [5.41, 5.74) is 5.58. The molecule has 144 valence electrons. The molecule has 1 aromatic heterocycles. The molecular formula is C21H28N3O3+. The Labute approximate surface area is 159 Å². The van der Waals surface area contributed by atoms with E-state index in [1.54, 1.807) is 26.0 Å². The number of hydrogen-bond acceptors (Lipinski definition) is 4. The van der Waals surface area contributed by atoms with Crippen LogP contribution in [0.15, 0.2) is 33.8 Å². The maximum absolute atomic E-state index is 12.3. The number of likely N-dealkylation sites (tertiary alicyclic amines) is 1. The number of carbonyl (C=O) groups is 1. The fraction of sp³-hybridized carbons (Fsp3) is 0.429. The van der Waals surface area contributed by atoms with Crippen molar-refractivity contribution in [3.63, 3.8) is 0 Å². The van der Waals surface area contributed by atoms with Gasteiger partial charge >= 0.3 is 0 Å². The van der Waals surface area contributed by atoms with Gasteiger partial charge in [0.25, 0.3) is 5.91 Å². The number of piperidine rings is 1. The van der Waals surface area contributed by atoms with Crippen molar-refractivity contribution in [2.45, 2.75) is 46.6 Å². The molecule has 0 radical (unpaired) electrons. The van der Waals surface area contributed by atoms with E-state index in [0.29, 0.717) is 28.5 Å². The number of carbonyl (C=O) groups excluding carboxylic acids is 1. The van der Waals surface area contributed by atoms with Gasteiger partial charge in [0.05, 0.1) is 24.4 Å². The number of rotatable bonds is 5. The zero-order valence-electron chi connectivity index (χ0n) is 16.3. The molecule has 1 fully saturated rings. The number of phenols is 1. The molecule has 27 heavy (non-hydrogen) atoms. The lowest BCUT2D eigenvalue weighted by Gasteiger charge is -2.24. The normalized spacial score (nSPS) is 15.7. The lowest BCUT2D eigenvalue weighted by atomic mass is 10.0. The molecule has 0 unspecified atom stereocenters. The number of nitrogens with zero attached hydrogens (tertiary/aromatic N) is 1. The van der Waals surface area contributed by atoms with Crippen LogP contribution >= 0.6 is 0 Å². The largest absolute Gasteiger partial charge is 0.507 e. The van der Waals surface area contributed by atoms with Crippen LogP contribution in [0.1, 0.15) is 59.2 Å². The Hall–Kier alpha value is -2.60. The second-order valence-electron chi connectivity index (χ2n) is 7.30. The maximum Gasteiger partial charge on any atom is 0.274 e. The van der Waals surface area contributed by atoms with E-state index in [2.05, 4.69) is 10.5 Å². The number of amides is 1. The summed E-state index contributed by atoms with van der Waals surface area (Å²) in [6, 6.07) is 7.20. The molecule has 0 bridgehead atoms. The quantitative estimate of drug-likeness (QED) is 0.558. The van der Waals surface area contributed by atoms with Gasteiger partial charge in [0.15, 0.2) is 0 Å². The number of aromatic hydroxyl groups is 1. The van der Waals surface area contributed by atoms with Crippen molar-refractivity contribution in [2.24, 2.45) is 5.10 Å². The van der Waals surface area contributed by atoms with Gasteiger partial charge in [-0.15, -0.1) is 0 Å². The average molecular weight is 370 g/mol. The molecule has 6 nitrogen and oxygen atoms in total. The van der Waals surface area contributed by atoms with Crippen molar-refractivity contribution >= 4 is 11.6 Å². The van der Waals surface area contributed by atoms with Gasteiger partial charge in [-0.3, -0.25) is 4.79 Å².